The van der Waals surface area contributed by atoms with Crippen molar-refractivity contribution in [2.45, 2.75) is 56.0 Å². The highest BCUT2D eigenvalue weighted by atomic mass is 32.2. The van der Waals surface area contributed by atoms with Crippen LogP contribution in [0.5, 0.6) is 0 Å². The Bertz CT molecular complexity index is 429. The van der Waals surface area contributed by atoms with Gasteiger partial charge in [0.15, 0.2) is 0 Å². The number of fused-ring (bicyclic) bond motifs is 1. The summed E-state index contributed by atoms with van der Waals surface area (Å²) in [4.78, 5) is 1.48. The maximum absolute atomic E-state index is 3.77. The Kier molecular flexibility index (Phi) is 2.75. The third kappa shape index (κ3) is 2.38. The van der Waals surface area contributed by atoms with Crippen LogP contribution in [0.3, 0.4) is 0 Å². The smallest absolute Gasteiger partial charge is 0.0428 e. The van der Waals surface area contributed by atoms with Gasteiger partial charge in [-0.3, -0.25) is 0 Å². The molecule has 1 aromatic carbocycles. The van der Waals surface area contributed by atoms with Gasteiger partial charge in [0.2, 0.25) is 0 Å². The molecule has 2 heteroatoms. The molecule has 1 N–H and O–H groups in total. The molecule has 0 bridgehead atoms. The molecule has 1 heterocycles. The standard InChI is InChI=1S/C15H21NS/c1-15(2,3)10-4-7-14-12(8-10)13(9-17-14)16-11-5-6-11/h4,7-8,11,13,16H,5-6,9H2,1-3H3. The van der Waals surface area contributed by atoms with Gasteiger partial charge in [-0.25, -0.2) is 0 Å². The van der Waals surface area contributed by atoms with E-state index in [4.69, 9.17) is 0 Å². The molecule has 1 atom stereocenters. The number of benzene rings is 1. The first-order valence-electron chi connectivity index (χ1n) is 6.57. The van der Waals surface area contributed by atoms with Crippen molar-refractivity contribution in [2.75, 3.05) is 5.75 Å². The Labute approximate surface area is 108 Å². The minimum Gasteiger partial charge on any atom is -0.306 e. The fourth-order valence-corrected chi connectivity index (χ4v) is 3.51. The molecule has 92 valence electrons. The quantitative estimate of drug-likeness (QED) is 0.851. The second-order valence-electron chi connectivity index (χ2n) is 6.31. The Balaban J connectivity index is 1.89. The molecule has 1 fully saturated rings. The van der Waals surface area contributed by atoms with Gasteiger partial charge in [0, 0.05) is 22.7 Å². The van der Waals surface area contributed by atoms with Crippen LogP contribution in [0, 0.1) is 0 Å². The van der Waals surface area contributed by atoms with Crippen LogP contribution < -0.4 is 5.32 Å². The summed E-state index contributed by atoms with van der Waals surface area (Å²) in [5.74, 6) is 1.21. The van der Waals surface area contributed by atoms with E-state index in [1.165, 1.54) is 34.6 Å². The predicted molar refractivity (Wildman–Crippen MR) is 74.8 cm³/mol. The third-order valence-electron chi connectivity index (χ3n) is 3.67. The van der Waals surface area contributed by atoms with Crippen LogP contribution in [0.2, 0.25) is 0 Å². The van der Waals surface area contributed by atoms with Crippen LogP contribution >= 0.6 is 11.8 Å². The zero-order valence-corrected chi connectivity index (χ0v) is 11.7. The van der Waals surface area contributed by atoms with Gasteiger partial charge in [-0.1, -0.05) is 32.9 Å². The van der Waals surface area contributed by atoms with E-state index in [9.17, 15) is 0 Å². The van der Waals surface area contributed by atoms with Crippen LogP contribution in [0.4, 0.5) is 0 Å². The van der Waals surface area contributed by atoms with Crippen molar-refractivity contribution >= 4 is 11.8 Å². The van der Waals surface area contributed by atoms with Crippen molar-refractivity contribution in [1.29, 1.82) is 0 Å². The van der Waals surface area contributed by atoms with Crippen LogP contribution in [0.1, 0.15) is 50.8 Å². The zero-order valence-electron chi connectivity index (χ0n) is 10.9. The average Bonchev–Trinajstić information content (AvgIpc) is 2.98. The molecule has 0 amide bonds. The Morgan fingerprint density at radius 3 is 2.65 bits per heavy atom. The first kappa shape index (κ1) is 11.6. The van der Waals surface area contributed by atoms with E-state index < -0.39 is 0 Å². The first-order chi connectivity index (χ1) is 8.04. The monoisotopic (exact) mass is 247 g/mol. The second-order valence-corrected chi connectivity index (χ2v) is 7.37. The first-order valence-corrected chi connectivity index (χ1v) is 7.56. The van der Waals surface area contributed by atoms with Gasteiger partial charge in [0.25, 0.3) is 0 Å². The normalized spacial score (nSPS) is 23.8. The molecule has 0 aromatic heterocycles. The van der Waals surface area contributed by atoms with Gasteiger partial charge in [-0.2, -0.15) is 0 Å². The lowest BCUT2D eigenvalue weighted by Gasteiger charge is -2.21. The van der Waals surface area contributed by atoms with E-state index in [-0.39, 0.29) is 5.41 Å². The van der Waals surface area contributed by atoms with E-state index in [0.29, 0.717) is 6.04 Å². The van der Waals surface area contributed by atoms with Gasteiger partial charge < -0.3 is 5.32 Å². The maximum atomic E-state index is 3.77. The third-order valence-corrected chi connectivity index (χ3v) is 4.85. The topological polar surface area (TPSA) is 12.0 Å². The molecule has 1 saturated carbocycles. The number of thioether (sulfide) groups is 1. The molecule has 1 aliphatic carbocycles. The molecule has 1 nitrogen and oxygen atoms in total. The number of rotatable bonds is 2. The van der Waals surface area contributed by atoms with Crippen LogP contribution in [-0.2, 0) is 5.41 Å². The summed E-state index contributed by atoms with van der Waals surface area (Å²) < 4.78 is 0. The van der Waals surface area contributed by atoms with E-state index in [2.05, 4.69) is 44.3 Å². The molecule has 3 rings (SSSR count). The van der Waals surface area contributed by atoms with Gasteiger partial charge >= 0.3 is 0 Å². The van der Waals surface area contributed by atoms with Crippen LogP contribution in [0.15, 0.2) is 23.1 Å². The zero-order chi connectivity index (χ0) is 12.0. The second kappa shape index (κ2) is 4.03. The molecule has 2 aliphatic rings. The molecule has 0 radical (unpaired) electrons. The lowest BCUT2D eigenvalue weighted by atomic mass is 9.85. The number of nitrogens with one attached hydrogen (secondary N) is 1. The minimum absolute atomic E-state index is 0.256. The molecule has 17 heavy (non-hydrogen) atoms. The van der Waals surface area contributed by atoms with Crippen molar-refractivity contribution in [1.82, 2.24) is 5.32 Å². The largest absolute Gasteiger partial charge is 0.306 e. The fraction of sp³-hybridized carbons (Fsp3) is 0.600. The summed E-state index contributed by atoms with van der Waals surface area (Å²) in [5, 5.41) is 3.77. The molecule has 0 spiro atoms. The summed E-state index contributed by atoms with van der Waals surface area (Å²) in [7, 11) is 0. The summed E-state index contributed by atoms with van der Waals surface area (Å²) in [5.41, 5.74) is 3.25. The lowest BCUT2D eigenvalue weighted by molar-refractivity contribution is 0.566. The summed E-state index contributed by atoms with van der Waals surface area (Å²) in [6.07, 6.45) is 2.74. The molecular formula is C15H21NS. The van der Waals surface area contributed by atoms with Gasteiger partial charge in [-0.15, -0.1) is 11.8 Å². The average molecular weight is 247 g/mol. The Hall–Kier alpha value is -0.470. The van der Waals surface area contributed by atoms with Gasteiger partial charge in [-0.05, 0) is 35.4 Å². The van der Waals surface area contributed by atoms with Crippen LogP contribution in [0.25, 0.3) is 0 Å². The van der Waals surface area contributed by atoms with Gasteiger partial charge in [0.05, 0.1) is 0 Å². The fourth-order valence-electron chi connectivity index (χ4n) is 2.35. The summed E-state index contributed by atoms with van der Waals surface area (Å²) >= 11 is 2.00. The Morgan fingerprint density at radius 1 is 1.24 bits per heavy atom. The van der Waals surface area contributed by atoms with Gasteiger partial charge in [0.1, 0.15) is 0 Å². The number of hydrogen-bond acceptors (Lipinski definition) is 2. The predicted octanol–water partition coefficient (Wildman–Crippen LogP) is 3.88. The molecular weight excluding hydrogens is 226 g/mol. The van der Waals surface area contributed by atoms with Crippen molar-refractivity contribution in [3.63, 3.8) is 0 Å². The van der Waals surface area contributed by atoms with E-state index >= 15 is 0 Å². The summed E-state index contributed by atoms with van der Waals surface area (Å²) in [6.45, 7) is 6.88. The van der Waals surface area contributed by atoms with Crippen molar-refractivity contribution in [3.8, 4) is 0 Å². The Morgan fingerprint density at radius 2 is 2.00 bits per heavy atom. The van der Waals surface area contributed by atoms with Crippen molar-refractivity contribution in [3.05, 3.63) is 29.3 Å². The number of hydrogen-bond donors (Lipinski definition) is 1. The SMILES string of the molecule is CC(C)(C)c1ccc2c(c1)C(NC1CC1)CS2. The van der Waals surface area contributed by atoms with E-state index in [0.717, 1.165) is 6.04 Å². The van der Waals surface area contributed by atoms with E-state index in [1.54, 1.807) is 0 Å². The van der Waals surface area contributed by atoms with Crippen LogP contribution in [-0.4, -0.2) is 11.8 Å². The lowest BCUT2D eigenvalue weighted by Crippen LogP contribution is -2.23. The molecule has 1 aliphatic heterocycles. The summed E-state index contributed by atoms with van der Waals surface area (Å²) in [6, 6.07) is 8.42. The van der Waals surface area contributed by atoms with E-state index in [1.807, 2.05) is 11.8 Å². The highest BCUT2D eigenvalue weighted by Crippen LogP contribution is 2.41. The molecule has 1 aromatic rings. The highest BCUT2D eigenvalue weighted by molar-refractivity contribution is 7.99. The minimum atomic E-state index is 0.256. The van der Waals surface area contributed by atoms with Crippen molar-refractivity contribution < 1.29 is 0 Å². The van der Waals surface area contributed by atoms with Crippen molar-refractivity contribution in [2.24, 2.45) is 0 Å². The molecule has 1 unspecified atom stereocenters. The maximum Gasteiger partial charge on any atom is 0.0428 e. The highest BCUT2D eigenvalue weighted by Gasteiger charge is 2.30. The molecule has 0 saturated heterocycles.